The van der Waals surface area contributed by atoms with Crippen molar-refractivity contribution in [2.75, 3.05) is 70.3 Å². The van der Waals surface area contributed by atoms with E-state index >= 15 is 0 Å². The van der Waals surface area contributed by atoms with Crippen LogP contribution in [0, 0.1) is 0 Å². The monoisotopic (exact) mass is 407 g/mol. The maximum atomic E-state index is 13.7. The molecular formula is C20H27F2N5O2. The summed E-state index contributed by atoms with van der Waals surface area (Å²) in [6, 6.07) is 3.67. The van der Waals surface area contributed by atoms with E-state index < -0.39 is 5.92 Å². The van der Waals surface area contributed by atoms with Crippen LogP contribution in [0.2, 0.25) is 0 Å². The van der Waals surface area contributed by atoms with Crippen LogP contribution in [0.1, 0.15) is 12.8 Å². The standard InChI is InChI=1S/C20H27F2N5O2/c1-25-8-10-27(11-9-25)19-23-15-13-17(29-3)16(28-2)12-14(15)18(24-19)26-6-4-20(21,22)5-7-26/h12-13H,4-11H2,1-3H3. The fourth-order valence-corrected chi connectivity index (χ4v) is 3.86. The summed E-state index contributed by atoms with van der Waals surface area (Å²) in [5, 5.41) is 0.783. The molecule has 7 nitrogen and oxygen atoms in total. The van der Waals surface area contributed by atoms with Crippen molar-refractivity contribution in [2.45, 2.75) is 18.8 Å². The van der Waals surface area contributed by atoms with E-state index in [1.165, 1.54) is 0 Å². The van der Waals surface area contributed by atoms with Crippen LogP contribution >= 0.6 is 0 Å². The van der Waals surface area contributed by atoms with Gasteiger partial charge in [-0.2, -0.15) is 4.98 Å². The highest BCUT2D eigenvalue weighted by molar-refractivity contribution is 5.93. The van der Waals surface area contributed by atoms with E-state index in [1.54, 1.807) is 14.2 Å². The van der Waals surface area contributed by atoms with Gasteiger partial charge in [-0.05, 0) is 13.1 Å². The lowest BCUT2D eigenvalue weighted by Gasteiger charge is -2.35. The largest absolute Gasteiger partial charge is 0.493 e. The molecule has 0 saturated carbocycles. The zero-order valence-corrected chi connectivity index (χ0v) is 17.1. The van der Waals surface area contributed by atoms with Crippen LogP contribution < -0.4 is 19.3 Å². The molecule has 2 aliphatic heterocycles. The van der Waals surface area contributed by atoms with Crippen molar-refractivity contribution >= 4 is 22.7 Å². The van der Waals surface area contributed by atoms with Crippen LogP contribution in [-0.2, 0) is 0 Å². The summed E-state index contributed by atoms with van der Waals surface area (Å²) in [7, 11) is 5.25. The number of methoxy groups -OCH3 is 2. The number of benzene rings is 1. The van der Waals surface area contributed by atoms with Crippen molar-refractivity contribution in [1.82, 2.24) is 14.9 Å². The molecule has 29 heavy (non-hydrogen) atoms. The van der Waals surface area contributed by atoms with Gasteiger partial charge >= 0.3 is 0 Å². The number of piperazine rings is 1. The van der Waals surface area contributed by atoms with Gasteiger partial charge in [0.15, 0.2) is 11.5 Å². The number of nitrogens with zero attached hydrogens (tertiary/aromatic N) is 5. The Morgan fingerprint density at radius 2 is 1.48 bits per heavy atom. The number of rotatable bonds is 4. The summed E-state index contributed by atoms with van der Waals surface area (Å²) in [4.78, 5) is 16.0. The summed E-state index contributed by atoms with van der Waals surface area (Å²) in [6.45, 7) is 4.03. The predicted molar refractivity (Wildman–Crippen MR) is 109 cm³/mol. The van der Waals surface area contributed by atoms with Crippen molar-refractivity contribution in [1.29, 1.82) is 0 Å². The van der Waals surface area contributed by atoms with E-state index in [4.69, 9.17) is 19.4 Å². The van der Waals surface area contributed by atoms with Crippen molar-refractivity contribution in [2.24, 2.45) is 0 Å². The summed E-state index contributed by atoms with van der Waals surface area (Å²) in [6.07, 6.45) is -0.342. The second-order valence-electron chi connectivity index (χ2n) is 7.70. The molecule has 1 aromatic carbocycles. The summed E-state index contributed by atoms with van der Waals surface area (Å²) >= 11 is 0. The van der Waals surface area contributed by atoms with E-state index in [0.717, 1.165) is 37.1 Å². The average Bonchev–Trinajstić information content (AvgIpc) is 2.72. The van der Waals surface area contributed by atoms with Crippen LogP contribution in [0.3, 0.4) is 0 Å². The number of hydrogen-bond acceptors (Lipinski definition) is 7. The number of anilines is 2. The third kappa shape index (κ3) is 4.01. The normalized spacial score (nSPS) is 20.2. The number of ether oxygens (including phenoxy) is 2. The van der Waals surface area contributed by atoms with Crippen LogP contribution in [0.4, 0.5) is 20.5 Å². The number of aromatic nitrogens is 2. The highest BCUT2D eigenvalue weighted by Gasteiger charge is 2.35. The third-order valence-corrected chi connectivity index (χ3v) is 5.75. The van der Waals surface area contributed by atoms with E-state index in [9.17, 15) is 8.78 Å². The molecule has 2 aliphatic rings. The van der Waals surface area contributed by atoms with Gasteiger partial charge < -0.3 is 24.2 Å². The van der Waals surface area contributed by atoms with Gasteiger partial charge in [0.2, 0.25) is 5.95 Å². The Balaban J connectivity index is 1.79. The number of halogens is 2. The van der Waals surface area contributed by atoms with E-state index in [0.29, 0.717) is 23.3 Å². The minimum absolute atomic E-state index is 0.171. The van der Waals surface area contributed by atoms with E-state index in [2.05, 4.69) is 16.8 Å². The Morgan fingerprint density at radius 3 is 2.10 bits per heavy atom. The molecule has 2 aromatic rings. The molecule has 3 heterocycles. The number of fused-ring (bicyclic) bond motifs is 1. The SMILES string of the molecule is COc1cc2nc(N3CCN(C)CC3)nc(N3CCC(F)(F)CC3)c2cc1OC. The van der Waals surface area contributed by atoms with Gasteiger partial charge in [-0.25, -0.2) is 13.8 Å². The maximum absolute atomic E-state index is 13.7. The molecule has 0 radical (unpaired) electrons. The van der Waals surface area contributed by atoms with Crippen molar-refractivity contribution in [3.8, 4) is 11.5 Å². The van der Waals surface area contributed by atoms with Crippen LogP contribution in [-0.4, -0.2) is 81.3 Å². The first-order valence-electron chi connectivity index (χ1n) is 9.90. The highest BCUT2D eigenvalue weighted by atomic mass is 19.3. The summed E-state index contributed by atoms with van der Waals surface area (Å²) in [5.74, 6) is -0.148. The quantitative estimate of drug-likeness (QED) is 0.772. The van der Waals surface area contributed by atoms with Gasteiger partial charge in [0, 0.05) is 63.6 Å². The van der Waals surface area contributed by atoms with Crippen LogP contribution in [0.25, 0.3) is 10.9 Å². The first-order valence-corrected chi connectivity index (χ1v) is 9.90. The van der Waals surface area contributed by atoms with E-state index in [-0.39, 0.29) is 25.9 Å². The molecule has 0 spiro atoms. The lowest BCUT2D eigenvalue weighted by molar-refractivity contribution is -0.0221. The third-order valence-electron chi connectivity index (χ3n) is 5.75. The molecule has 0 amide bonds. The minimum Gasteiger partial charge on any atom is -0.493 e. The Kier molecular flexibility index (Phi) is 5.33. The molecule has 0 aliphatic carbocycles. The second-order valence-corrected chi connectivity index (χ2v) is 7.70. The van der Waals surface area contributed by atoms with Crippen molar-refractivity contribution in [3.63, 3.8) is 0 Å². The van der Waals surface area contributed by atoms with Gasteiger partial charge in [0.05, 0.1) is 19.7 Å². The Morgan fingerprint density at radius 1 is 0.862 bits per heavy atom. The molecule has 2 fully saturated rings. The molecular weight excluding hydrogens is 380 g/mol. The fraction of sp³-hybridized carbons (Fsp3) is 0.600. The molecule has 1 aromatic heterocycles. The average molecular weight is 407 g/mol. The highest BCUT2D eigenvalue weighted by Crippen LogP contribution is 2.38. The summed E-state index contributed by atoms with van der Waals surface area (Å²) < 4.78 is 38.3. The molecule has 4 rings (SSSR count). The van der Waals surface area contributed by atoms with Gasteiger partial charge in [0.25, 0.3) is 5.92 Å². The molecule has 0 atom stereocenters. The Labute approximate surface area is 169 Å². The first-order chi connectivity index (χ1) is 13.9. The fourth-order valence-electron chi connectivity index (χ4n) is 3.86. The second kappa shape index (κ2) is 7.78. The number of hydrogen-bond donors (Lipinski definition) is 0. The Hall–Kier alpha value is -2.42. The molecule has 2 saturated heterocycles. The van der Waals surface area contributed by atoms with Gasteiger partial charge in [-0.15, -0.1) is 0 Å². The van der Waals surface area contributed by atoms with Crippen LogP contribution in [0.15, 0.2) is 12.1 Å². The zero-order valence-electron chi connectivity index (χ0n) is 17.1. The lowest BCUT2D eigenvalue weighted by atomic mass is 10.1. The lowest BCUT2D eigenvalue weighted by Crippen LogP contribution is -2.45. The number of likely N-dealkylation sites (N-methyl/N-ethyl adjacent to an activating group) is 1. The molecule has 158 valence electrons. The Bertz CT molecular complexity index is 877. The topological polar surface area (TPSA) is 54.0 Å². The van der Waals surface area contributed by atoms with Crippen molar-refractivity contribution < 1.29 is 18.3 Å². The minimum atomic E-state index is -2.61. The van der Waals surface area contributed by atoms with Crippen molar-refractivity contribution in [3.05, 3.63) is 12.1 Å². The smallest absolute Gasteiger partial charge is 0.251 e. The first kappa shape index (κ1) is 19.9. The van der Waals surface area contributed by atoms with Crippen LogP contribution in [0.5, 0.6) is 11.5 Å². The predicted octanol–water partition coefficient (Wildman–Crippen LogP) is 2.63. The van der Waals surface area contributed by atoms with Gasteiger partial charge in [0.1, 0.15) is 5.82 Å². The maximum Gasteiger partial charge on any atom is 0.251 e. The summed E-state index contributed by atoms with van der Waals surface area (Å²) in [5.41, 5.74) is 0.721. The number of piperidine rings is 1. The molecule has 0 N–H and O–H groups in total. The molecule has 9 heteroatoms. The molecule has 0 unspecified atom stereocenters. The van der Waals surface area contributed by atoms with Gasteiger partial charge in [-0.3, -0.25) is 0 Å². The van der Waals surface area contributed by atoms with E-state index in [1.807, 2.05) is 17.0 Å². The number of alkyl halides is 2. The zero-order chi connectivity index (χ0) is 20.6. The van der Waals surface area contributed by atoms with Gasteiger partial charge in [-0.1, -0.05) is 0 Å². The molecule has 0 bridgehead atoms.